The third-order valence-corrected chi connectivity index (χ3v) is 4.81. The van der Waals surface area contributed by atoms with Gasteiger partial charge in [0.15, 0.2) is 17.3 Å². The van der Waals surface area contributed by atoms with Crippen LogP contribution in [-0.2, 0) is 0 Å². The summed E-state index contributed by atoms with van der Waals surface area (Å²) in [6.45, 7) is 2.20. The van der Waals surface area contributed by atoms with Crippen LogP contribution in [0.1, 0.15) is 27.3 Å². The summed E-state index contributed by atoms with van der Waals surface area (Å²) in [6, 6.07) is 6.38. The van der Waals surface area contributed by atoms with Gasteiger partial charge in [-0.15, -0.1) is 0 Å². The molecule has 0 aliphatic carbocycles. The maximum Gasteiger partial charge on any atom is 0.291 e. The molecule has 3 rings (SSSR count). The van der Waals surface area contributed by atoms with Gasteiger partial charge in [0.2, 0.25) is 0 Å². The number of rotatable bonds is 7. The van der Waals surface area contributed by atoms with Crippen molar-refractivity contribution < 1.29 is 23.5 Å². The standard InChI is InChI=1S/C20H25N3O5/c1-21-11-13-6-7-23(12-13)20(25)14-9-17(26-2)18(27-3)10-15(14)22-19(24)16-5-4-8-28-16/h4-5,8-10,13,21H,6-7,11-12H2,1-3H3,(H,22,24). The van der Waals surface area contributed by atoms with Crippen LogP contribution >= 0.6 is 0 Å². The van der Waals surface area contributed by atoms with E-state index in [4.69, 9.17) is 13.9 Å². The Bertz CT molecular complexity index is 835. The smallest absolute Gasteiger partial charge is 0.291 e. The predicted molar refractivity (Wildman–Crippen MR) is 104 cm³/mol. The van der Waals surface area contributed by atoms with Gasteiger partial charge in [-0.1, -0.05) is 0 Å². The monoisotopic (exact) mass is 387 g/mol. The van der Waals surface area contributed by atoms with Crippen LogP contribution in [0.5, 0.6) is 11.5 Å². The van der Waals surface area contributed by atoms with Gasteiger partial charge in [-0.25, -0.2) is 0 Å². The molecule has 1 atom stereocenters. The zero-order valence-corrected chi connectivity index (χ0v) is 16.3. The molecule has 1 aliphatic heterocycles. The van der Waals surface area contributed by atoms with Crippen LogP contribution < -0.4 is 20.1 Å². The van der Waals surface area contributed by atoms with Crippen LogP contribution in [-0.4, -0.2) is 57.6 Å². The Morgan fingerprint density at radius 2 is 2.00 bits per heavy atom. The van der Waals surface area contributed by atoms with E-state index in [2.05, 4.69) is 10.6 Å². The molecule has 1 saturated heterocycles. The fourth-order valence-electron chi connectivity index (χ4n) is 3.39. The number of anilines is 1. The van der Waals surface area contributed by atoms with Crippen LogP contribution in [0, 0.1) is 5.92 Å². The van der Waals surface area contributed by atoms with E-state index in [1.165, 1.54) is 20.5 Å². The molecule has 150 valence electrons. The van der Waals surface area contributed by atoms with Crippen molar-refractivity contribution in [2.24, 2.45) is 5.92 Å². The minimum atomic E-state index is -0.444. The summed E-state index contributed by atoms with van der Waals surface area (Å²) in [6.07, 6.45) is 2.36. The highest BCUT2D eigenvalue weighted by molar-refractivity contribution is 6.08. The molecule has 0 saturated carbocycles. The van der Waals surface area contributed by atoms with Crippen molar-refractivity contribution in [3.05, 3.63) is 41.9 Å². The molecule has 2 heterocycles. The van der Waals surface area contributed by atoms with Crippen molar-refractivity contribution >= 4 is 17.5 Å². The molecule has 28 heavy (non-hydrogen) atoms. The summed E-state index contributed by atoms with van der Waals surface area (Å²) >= 11 is 0. The highest BCUT2D eigenvalue weighted by atomic mass is 16.5. The number of likely N-dealkylation sites (tertiary alicyclic amines) is 1. The molecular formula is C20H25N3O5. The van der Waals surface area contributed by atoms with E-state index in [9.17, 15) is 9.59 Å². The maximum absolute atomic E-state index is 13.2. The van der Waals surface area contributed by atoms with Gasteiger partial charge in [0.05, 0.1) is 31.7 Å². The second-order valence-electron chi connectivity index (χ2n) is 6.65. The Labute approximate surface area is 163 Å². The second-order valence-corrected chi connectivity index (χ2v) is 6.65. The van der Waals surface area contributed by atoms with Gasteiger partial charge in [-0.3, -0.25) is 9.59 Å². The number of hydrogen-bond donors (Lipinski definition) is 2. The number of ether oxygens (including phenoxy) is 2. The highest BCUT2D eigenvalue weighted by Gasteiger charge is 2.29. The molecule has 8 heteroatoms. The van der Waals surface area contributed by atoms with Crippen molar-refractivity contribution in [3.63, 3.8) is 0 Å². The number of hydrogen-bond acceptors (Lipinski definition) is 6. The van der Waals surface area contributed by atoms with Crippen molar-refractivity contribution in [1.29, 1.82) is 0 Å². The minimum absolute atomic E-state index is 0.156. The fraction of sp³-hybridized carbons (Fsp3) is 0.400. The Morgan fingerprint density at radius 1 is 1.25 bits per heavy atom. The summed E-state index contributed by atoms with van der Waals surface area (Å²) in [5.74, 6) is 0.810. The lowest BCUT2D eigenvalue weighted by atomic mass is 10.1. The first-order valence-corrected chi connectivity index (χ1v) is 9.12. The summed E-state index contributed by atoms with van der Waals surface area (Å²) in [7, 11) is 4.91. The molecular weight excluding hydrogens is 362 g/mol. The van der Waals surface area contributed by atoms with Crippen LogP contribution in [0.4, 0.5) is 5.69 Å². The van der Waals surface area contributed by atoms with Crippen LogP contribution in [0.15, 0.2) is 34.9 Å². The number of carbonyl (C=O) groups is 2. The van der Waals surface area contributed by atoms with Gasteiger partial charge in [0.25, 0.3) is 11.8 Å². The zero-order valence-electron chi connectivity index (χ0n) is 16.3. The Hall–Kier alpha value is -3.00. The van der Waals surface area contributed by atoms with Crippen molar-refractivity contribution in [1.82, 2.24) is 10.2 Å². The van der Waals surface area contributed by atoms with Crippen LogP contribution in [0.2, 0.25) is 0 Å². The molecule has 1 aliphatic rings. The Morgan fingerprint density at radius 3 is 2.64 bits per heavy atom. The summed E-state index contributed by atoms with van der Waals surface area (Å²) in [5.41, 5.74) is 0.698. The largest absolute Gasteiger partial charge is 0.493 e. The average Bonchev–Trinajstić information content (AvgIpc) is 3.39. The van der Waals surface area contributed by atoms with Crippen LogP contribution in [0.3, 0.4) is 0 Å². The molecule has 0 bridgehead atoms. The lowest BCUT2D eigenvalue weighted by molar-refractivity contribution is 0.0788. The molecule has 1 aromatic carbocycles. The lowest BCUT2D eigenvalue weighted by Gasteiger charge is -2.20. The molecule has 1 unspecified atom stereocenters. The van der Waals surface area contributed by atoms with Gasteiger partial charge in [0, 0.05) is 19.2 Å². The van der Waals surface area contributed by atoms with Gasteiger partial charge < -0.3 is 29.4 Å². The van der Waals surface area contributed by atoms with Crippen molar-refractivity contribution in [3.8, 4) is 11.5 Å². The summed E-state index contributed by atoms with van der Waals surface area (Å²) in [4.78, 5) is 27.4. The highest BCUT2D eigenvalue weighted by Crippen LogP contribution is 2.35. The number of methoxy groups -OCH3 is 2. The third-order valence-electron chi connectivity index (χ3n) is 4.81. The number of amides is 2. The molecule has 0 radical (unpaired) electrons. The number of carbonyl (C=O) groups excluding carboxylic acids is 2. The first-order valence-electron chi connectivity index (χ1n) is 9.12. The van der Waals surface area contributed by atoms with E-state index in [-0.39, 0.29) is 11.7 Å². The third kappa shape index (κ3) is 4.12. The van der Waals surface area contributed by atoms with Crippen molar-refractivity contribution in [2.75, 3.05) is 46.2 Å². The Kier molecular flexibility index (Phi) is 6.20. The van der Waals surface area contributed by atoms with E-state index >= 15 is 0 Å². The van der Waals surface area contributed by atoms with E-state index in [1.54, 1.807) is 29.2 Å². The van der Waals surface area contributed by atoms with E-state index in [0.29, 0.717) is 41.8 Å². The van der Waals surface area contributed by atoms with E-state index in [0.717, 1.165) is 13.0 Å². The molecule has 1 aromatic heterocycles. The zero-order chi connectivity index (χ0) is 20.1. The van der Waals surface area contributed by atoms with Gasteiger partial charge in [0.1, 0.15) is 0 Å². The molecule has 2 N–H and O–H groups in total. The topological polar surface area (TPSA) is 93.0 Å². The molecule has 8 nitrogen and oxygen atoms in total. The normalized spacial score (nSPS) is 16.1. The van der Waals surface area contributed by atoms with Gasteiger partial charge in [-0.05, 0) is 44.1 Å². The number of furan rings is 1. The van der Waals surface area contributed by atoms with Crippen LogP contribution in [0.25, 0.3) is 0 Å². The summed E-state index contributed by atoms with van der Waals surface area (Å²) in [5, 5.41) is 5.91. The second kappa shape index (κ2) is 8.79. The summed E-state index contributed by atoms with van der Waals surface area (Å²) < 4.78 is 15.8. The molecule has 2 aromatic rings. The number of benzene rings is 1. The minimum Gasteiger partial charge on any atom is -0.493 e. The first-order chi connectivity index (χ1) is 13.6. The SMILES string of the molecule is CNCC1CCN(C(=O)c2cc(OC)c(OC)cc2NC(=O)c2ccco2)C1. The predicted octanol–water partition coefficient (Wildman–Crippen LogP) is 2.23. The van der Waals surface area contributed by atoms with E-state index < -0.39 is 5.91 Å². The fourth-order valence-corrected chi connectivity index (χ4v) is 3.39. The van der Waals surface area contributed by atoms with Gasteiger partial charge in [-0.2, -0.15) is 0 Å². The number of nitrogens with zero attached hydrogens (tertiary/aromatic N) is 1. The van der Waals surface area contributed by atoms with Crippen molar-refractivity contribution in [2.45, 2.75) is 6.42 Å². The first kappa shape index (κ1) is 19.8. The lowest BCUT2D eigenvalue weighted by Crippen LogP contribution is -2.31. The maximum atomic E-state index is 13.2. The molecule has 2 amide bonds. The molecule has 0 spiro atoms. The average molecular weight is 387 g/mol. The van der Waals surface area contributed by atoms with Gasteiger partial charge >= 0.3 is 0 Å². The molecule has 1 fully saturated rings. The van der Waals surface area contributed by atoms with E-state index in [1.807, 2.05) is 7.05 Å². The number of nitrogens with one attached hydrogen (secondary N) is 2. The Balaban J connectivity index is 1.91. The quantitative estimate of drug-likeness (QED) is 0.757.